The Kier molecular flexibility index (Phi) is 7.23. The first kappa shape index (κ1) is 27.3. The van der Waals surface area contributed by atoms with Gasteiger partial charge in [0.1, 0.15) is 12.4 Å². The number of carbonyl (C=O) groups is 2. The Morgan fingerprint density at radius 1 is 1.00 bits per heavy atom. The first-order valence-corrected chi connectivity index (χ1v) is 14.3. The molecular formula is C32H34F2N4O3. The van der Waals surface area contributed by atoms with Gasteiger partial charge in [-0.25, -0.2) is 18.6 Å². The number of pyridine rings is 1. The summed E-state index contributed by atoms with van der Waals surface area (Å²) < 4.78 is 32.1. The molecule has 3 N–H and O–H groups in total. The van der Waals surface area contributed by atoms with Gasteiger partial charge in [-0.3, -0.25) is 4.79 Å². The van der Waals surface area contributed by atoms with Gasteiger partial charge in [0.15, 0.2) is 0 Å². The van der Waals surface area contributed by atoms with Crippen LogP contribution in [0.3, 0.4) is 0 Å². The highest BCUT2D eigenvalue weighted by molar-refractivity contribution is 5.92. The molecule has 9 heteroatoms. The van der Waals surface area contributed by atoms with Crippen LogP contribution in [0.1, 0.15) is 50.5 Å². The highest BCUT2D eigenvalue weighted by Gasteiger charge is 2.55. The van der Waals surface area contributed by atoms with Gasteiger partial charge < -0.3 is 20.7 Å². The Morgan fingerprint density at radius 3 is 2.32 bits per heavy atom. The van der Waals surface area contributed by atoms with E-state index in [1.807, 2.05) is 65.6 Å². The molecule has 3 fully saturated rings. The van der Waals surface area contributed by atoms with E-state index in [0.29, 0.717) is 31.0 Å². The minimum absolute atomic E-state index is 0.0804. The summed E-state index contributed by atoms with van der Waals surface area (Å²) in [6.07, 6.45) is 4.76. The average Bonchev–Trinajstić information content (AvgIpc) is 3.38. The van der Waals surface area contributed by atoms with Gasteiger partial charge in [-0.15, -0.1) is 0 Å². The standard InChI is InChI=1S/C32H34F2N4O3/c33-32(34)19-31(35,20-32)24-10-8-23(9-11-24)27-18-36-28(17-26(27)22-4-2-1-3-5-22)37-29(39)16-21-6-12-25(13-7-21)38-14-15-41-30(38)40/h1-5,8-11,17-18,21,25H,6-7,12-16,19-20,35H2,(H,36,37,39)/t21-,25-. The lowest BCUT2D eigenvalue weighted by Crippen LogP contribution is -2.55. The largest absolute Gasteiger partial charge is 0.448 e. The van der Waals surface area contributed by atoms with Gasteiger partial charge in [-0.05, 0) is 59.9 Å². The zero-order valence-electron chi connectivity index (χ0n) is 22.8. The summed E-state index contributed by atoms with van der Waals surface area (Å²) in [6.45, 7) is 1.11. The van der Waals surface area contributed by atoms with Crippen LogP contribution in [-0.4, -0.2) is 47.0 Å². The normalized spacial score (nSPS) is 23.0. The van der Waals surface area contributed by atoms with Crippen molar-refractivity contribution in [1.29, 1.82) is 0 Å². The van der Waals surface area contributed by atoms with E-state index < -0.39 is 11.5 Å². The number of carbonyl (C=O) groups excluding carboxylic acids is 2. The molecule has 2 amide bonds. The van der Waals surface area contributed by atoms with Crippen LogP contribution >= 0.6 is 0 Å². The quantitative estimate of drug-likeness (QED) is 0.352. The third-order valence-corrected chi connectivity index (χ3v) is 8.70. The molecule has 1 aromatic heterocycles. The lowest BCUT2D eigenvalue weighted by Gasteiger charge is -2.44. The SMILES string of the molecule is NC1(c2ccc(-c3cnc(NC(=O)C[C@H]4CC[C@H](N5CCOC5=O)CC4)cc3-c3ccccc3)cc2)CC(F)(F)C1. The molecule has 2 aromatic carbocycles. The first-order chi connectivity index (χ1) is 19.7. The fraction of sp³-hybridized carbons (Fsp3) is 0.406. The first-order valence-electron chi connectivity index (χ1n) is 14.3. The number of nitrogens with one attached hydrogen (secondary N) is 1. The van der Waals surface area contributed by atoms with Crippen molar-refractivity contribution < 1.29 is 23.1 Å². The van der Waals surface area contributed by atoms with Gasteiger partial charge in [0.2, 0.25) is 5.91 Å². The predicted molar refractivity (Wildman–Crippen MR) is 152 cm³/mol. The van der Waals surface area contributed by atoms with Crippen molar-refractivity contribution in [3.05, 3.63) is 72.4 Å². The highest BCUT2D eigenvalue weighted by Crippen LogP contribution is 2.50. The third kappa shape index (κ3) is 5.81. The minimum atomic E-state index is -2.71. The van der Waals surface area contributed by atoms with E-state index >= 15 is 0 Å². The number of cyclic esters (lactones) is 1. The van der Waals surface area contributed by atoms with Crippen molar-refractivity contribution in [1.82, 2.24) is 9.88 Å². The van der Waals surface area contributed by atoms with Crippen LogP contribution in [0.25, 0.3) is 22.3 Å². The number of nitrogens with zero attached hydrogens (tertiary/aromatic N) is 2. The van der Waals surface area contributed by atoms with Crippen molar-refractivity contribution in [2.24, 2.45) is 11.7 Å². The molecule has 0 radical (unpaired) electrons. The third-order valence-electron chi connectivity index (χ3n) is 8.70. The Morgan fingerprint density at radius 2 is 1.68 bits per heavy atom. The Labute approximate surface area is 238 Å². The summed E-state index contributed by atoms with van der Waals surface area (Å²) in [4.78, 5) is 31.2. The van der Waals surface area contributed by atoms with Crippen molar-refractivity contribution in [2.45, 2.75) is 62.4 Å². The number of ether oxygens (including phenoxy) is 1. The summed E-state index contributed by atoms with van der Waals surface area (Å²) >= 11 is 0. The van der Waals surface area contributed by atoms with Gasteiger partial charge >= 0.3 is 6.09 Å². The van der Waals surface area contributed by atoms with E-state index in [2.05, 4.69) is 10.3 Å². The fourth-order valence-electron chi connectivity index (χ4n) is 6.52. The van der Waals surface area contributed by atoms with E-state index in [1.54, 1.807) is 6.20 Å². The minimum Gasteiger partial charge on any atom is -0.448 e. The number of anilines is 1. The topological polar surface area (TPSA) is 97.5 Å². The second kappa shape index (κ2) is 10.9. The number of nitrogens with two attached hydrogens (primary N) is 1. The van der Waals surface area contributed by atoms with Gasteiger partial charge in [0.05, 0.1) is 12.1 Å². The Balaban J connectivity index is 1.15. The molecule has 2 saturated carbocycles. The van der Waals surface area contributed by atoms with Crippen LogP contribution in [0, 0.1) is 5.92 Å². The number of hydrogen-bond donors (Lipinski definition) is 2. The molecule has 7 nitrogen and oxygen atoms in total. The average molecular weight is 561 g/mol. The van der Waals surface area contributed by atoms with E-state index in [1.165, 1.54) is 0 Å². The van der Waals surface area contributed by atoms with E-state index in [9.17, 15) is 18.4 Å². The van der Waals surface area contributed by atoms with Crippen LogP contribution < -0.4 is 11.1 Å². The molecule has 2 heterocycles. The highest BCUT2D eigenvalue weighted by atomic mass is 19.3. The van der Waals surface area contributed by atoms with Crippen LogP contribution in [0.5, 0.6) is 0 Å². The second-order valence-electron chi connectivity index (χ2n) is 11.7. The number of alkyl halides is 2. The van der Waals surface area contributed by atoms with Crippen molar-refractivity contribution in [3.63, 3.8) is 0 Å². The summed E-state index contributed by atoms with van der Waals surface area (Å²) in [5.41, 5.74) is 9.54. The lowest BCUT2D eigenvalue weighted by atomic mass is 9.69. The molecule has 0 spiro atoms. The smallest absolute Gasteiger partial charge is 0.410 e. The molecule has 1 saturated heterocycles. The molecule has 1 aliphatic heterocycles. The van der Waals surface area contributed by atoms with Crippen molar-refractivity contribution in [3.8, 4) is 22.3 Å². The number of benzene rings is 2. The van der Waals surface area contributed by atoms with Crippen LogP contribution in [0.15, 0.2) is 66.9 Å². The van der Waals surface area contributed by atoms with Crippen molar-refractivity contribution >= 4 is 17.8 Å². The van der Waals surface area contributed by atoms with Gasteiger partial charge in [-0.2, -0.15) is 0 Å². The van der Waals surface area contributed by atoms with Crippen LogP contribution in [0.4, 0.5) is 19.4 Å². The molecular weight excluding hydrogens is 526 g/mol. The second-order valence-corrected chi connectivity index (χ2v) is 11.7. The molecule has 3 aromatic rings. The summed E-state index contributed by atoms with van der Waals surface area (Å²) in [5, 5.41) is 2.98. The Bertz CT molecular complexity index is 1410. The molecule has 0 unspecified atom stereocenters. The predicted octanol–water partition coefficient (Wildman–Crippen LogP) is 6.34. The zero-order valence-corrected chi connectivity index (χ0v) is 22.8. The number of hydrogen-bond acceptors (Lipinski definition) is 5. The van der Waals surface area contributed by atoms with E-state index in [-0.39, 0.29) is 36.8 Å². The number of rotatable bonds is 7. The molecule has 6 rings (SSSR count). The molecule has 3 aliphatic rings. The summed E-state index contributed by atoms with van der Waals surface area (Å²) in [6, 6.07) is 19.3. The Hall–Kier alpha value is -3.85. The monoisotopic (exact) mass is 560 g/mol. The van der Waals surface area contributed by atoms with Gasteiger partial charge in [0, 0.05) is 37.1 Å². The molecule has 0 bridgehead atoms. The number of aromatic nitrogens is 1. The summed E-state index contributed by atoms with van der Waals surface area (Å²) in [5.74, 6) is -2.05. The zero-order chi connectivity index (χ0) is 28.6. The van der Waals surface area contributed by atoms with E-state index in [0.717, 1.165) is 47.9 Å². The van der Waals surface area contributed by atoms with Crippen LogP contribution in [0.2, 0.25) is 0 Å². The molecule has 214 valence electrons. The molecule has 41 heavy (non-hydrogen) atoms. The maximum Gasteiger partial charge on any atom is 0.410 e. The summed E-state index contributed by atoms with van der Waals surface area (Å²) in [7, 11) is 0. The van der Waals surface area contributed by atoms with Gasteiger partial charge in [-0.1, -0.05) is 54.6 Å². The lowest BCUT2D eigenvalue weighted by molar-refractivity contribution is -0.125. The van der Waals surface area contributed by atoms with Crippen molar-refractivity contribution in [2.75, 3.05) is 18.5 Å². The van der Waals surface area contributed by atoms with E-state index in [4.69, 9.17) is 10.5 Å². The number of amides is 2. The maximum absolute atomic E-state index is 13.5. The number of halogens is 2. The maximum atomic E-state index is 13.5. The van der Waals surface area contributed by atoms with Crippen LogP contribution in [-0.2, 0) is 15.1 Å². The molecule has 2 aliphatic carbocycles. The molecule has 0 atom stereocenters. The van der Waals surface area contributed by atoms with Gasteiger partial charge in [0.25, 0.3) is 5.92 Å². The fourth-order valence-corrected chi connectivity index (χ4v) is 6.52.